The number of carbonyl (C=O) groups is 2. The topological polar surface area (TPSA) is 93.2 Å². The fraction of sp³-hybridized carbons (Fsp3) is 0. The van der Waals surface area contributed by atoms with Gasteiger partial charge in [0.05, 0.1) is 20.4 Å². The van der Waals surface area contributed by atoms with Gasteiger partial charge >= 0.3 is 0 Å². The Kier molecular flexibility index (Phi) is 6.66. The van der Waals surface area contributed by atoms with Crippen molar-refractivity contribution in [3.63, 3.8) is 0 Å². The molecule has 2 N–H and O–H groups in total. The predicted molar refractivity (Wildman–Crippen MR) is 183 cm³/mol. The summed E-state index contributed by atoms with van der Waals surface area (Å²) in [6, 6.07) is 38.1. The number of amides is 2. The van der Waals surface area contributed by atoms with E-state index in [1.165, 1.54) is 22.7 Å². The van der Waals surface area contributed by atoms with Gasteiger partial charge in [0.25, 0.3) is 11.8 Å². The third-order valence-electron chi connectivity index (χ3n) is 7.48. The van der Waals surface area contributed by atoms with Gasteiger partial charge in [-0.2, -0.15) is 0 Å². The van der Waals surface area contributed by atoms with Gasteiger partial charge in [0.1, 0.15) is 11.5 Å². The quantitative estimate of drug-likeness (QED) is 0.193. The van der Waals surface area contributed by atoms with Gasteiger partial charge in [0.2, 0.25) is 0 Å². The number of benzene rings is 6. The van der Waals surface area contributed by atoms with Crippen LogP contribution >= 0.6 is 22.7 Å². The monoisotopic (exact) mass is 622 g/mol. The maximum Gasteiger partial charge on any atom is 0.257 e. The Morgan fingerprint density at radius 1 is 0.511 bits per heavy atom. The van der Waals surface area contributed by atoms with E-state index >= 15 is 0 Å². The molecule has 8 rings (SSSR count). The number of rotatable bonds is 6. The van der Waals surface area contributed by atoms with E-state index < -0.39 is 0 Å². The highest BCUT2D eigenvalue weighted by atomic mass is 32.1. The summed E-state index contributed by atoms with van der Waals surface area (Å²) in [7, 11) is 0. The first kappa shape index (κ1) is 26.9. The SMILES string of the molecule is O=C(Nc1nc2c(ccc3ccccc32)s1)c1ccc(Oc2ccc(C(=O)Nc3nc4c(ccc5ccccc54)s3)cc2)cc1. The van der Waals surface area contributed by atoms with Crippen LogP contribution in [0.2, 0.25) is 0 Å². The molecular formula is C36H22N4O3S2. The summed E-state index contributed by atoms with van der Waals surface area (Å²) < 4.78 is 7.99. The van der Waals surface area contributed by atoms with Crippen molar-refractivity contribution < 1.29 is 14.3 Å². The third-order valence-corrected chi connectivity index (χ3v) is 9.35. The van der Waals surface area contributed by atoms with E-state index in [2.05, 4.69) is 32.7 Å². The largest absolute Gasteiger partial charge is 0.457 e. The molecule has 45 heavy (non-hydrogen) atoms. The molecule has 8 aromatic rings. The lowest BCUT2D eigenvalue weighted by Gasteiger charge is -2.08. The Hall–Kier alpha value is -5.64. The molecule has 0 fully saturated rings. The number of nitrogens with one attached hydrogen (secondary N) is 2. The fourth-order valence-corrected chi connectivity index (χ4v) is 7.01. The number of aromatic nitrogens is 2. The van der Waals surface area contributed by atoms with Crippen molar-refractivity contribution in [1.29, 1.82) is 0 Å². The molecule has 7 nitrogen and oxygen atoms in total. The van der Waals surface area contributed by atoms with Crippen molar-refractivity contribution >= 4 is 86.7 Å². The molecule has 0 aliphatic carbocycles. The molecule has 0 aliphatic heterocycles. The van der Waals surface area contributed by atoms with Crippen molar-refractivity contribution in [3.05, 3.63) is 132 Å². The minimum atomic E-state index is -0.249. The van der Waals surface area contributed by atoms with Gasteiger partial charge in [-0.1, -0.05) is 83.3 Å². The maximum absolute atomic E-state index is 12.9. The number of carbonyl (C=O) groups excluding carboxylic acids is 2. The first-order chi connectivity index (χ1) is 22.1. The van der Waals surface area contributed by atoms with Crippen molar-refractivity contribution in [1.82, 2.24) is 9.97 Å². The Bertz CT molecular complexity index is 2230. The number of hydrogen-bond donors (Lipinski definition) is 2. The molecule has 9 heteroatoms. The van der Waals surface area contributed by atoms with Crippen LogP contribution in [0.25, 0.3) is 42.0 Å². The van der Waals surface area contributed by atoms with Crippen LogP contribution in [-0.4, -0.2) is 21.8 Å². The van der Waals surface area contributed by atoms with Crippen molar-refractivity contribution in [2.24, 2.45) is 0 Å². The average molecular weight is 623 g/mol. The van der Waals surface area contributed by atoms with Gasteiger partial charge in [-0.15, -0.1) is 0 Å². The minimum Gasteiger partial charge on any atom is -0.457 e. The molecule has 0 atom stereocenters. The highest BCUT2D eigenvalue weighted by Crippen LogP contribution is 2.33. The number of nitrogens with zero attached hydrogens (tertiary/aromatic N) is 2. The lowest BCUT2D eigenvalue weighted by Crippen LogP contribution is -2.11. The van der Waals surface area contributed by atoms with Gasteiger partial charge in [-0.25, -0.2) is 9.97 Å². The zero-order chi connectivity index (χ0) is 30.3. The van der Waals surface area contributed by atoms with E-state index in [1.807, 2.05) is 60.7 Å². The summed E-state index contributed by atoms with van der Waals surface area (Å²) in [5, 5.41) is 11.3. The second-order valence-corrected chi connectivity index (χ2v) is 12.4. The molecule has 0 unspecified atom stereocenters. The average Bonchev–Trinajstić information content (AvgIpc) is 3.69. The summed E-state index contributed by atoms with van der Waals surface area (Å²) in [6.45, 7) is 0. The van der Waals surface area contributed by atoms with Gasteiger partial charge in [-0.3, -0.25) is 20.2 Å². The smallest absolute Gasteiger partial charge is 0.257 e. The lowest BCUT2D eigenvalue weighted by molar-refractivity contribution is 0.101. The number of fused-ring (bicyclic) bond motifs is 6. The molecular weight excluding hydrogens is 601 g/mol. The zero-order valence-electron chi connectivity index (χ0n) is 23.5. The van der Waals surface area contributed by atoms with E-state index in [0.717, 1.165) is 42.0 Å². The summed E-state index contributed by atoms with van der Waals surface area (Å²) in [5.74, 6) is 0.636. The number of hydrogen-bond acceptors (Lipinski definition) is 7. The van der Waals surface area contributed by atoms with Gasteiger partial charge in [0.15, 0.2) is 10.3 Å². The molecule has 0 saturated carbocycles. The summed E-state index contributed by atoms with van der Waals surface area (Å²) in [5.41, 5.74) is 2.74. The van der Waals surface area contributed by atoms with E-state index in [4.69, 9.17) is 4.74 Å². The van der Waals surface area contributed by atoms with Crippen LogP contribution in [0.1, 0.15) is 20.7 Å². The number of anilines is 2. The first-order valence-electron chi connectivity index (χ1n) is 14.1. The van der Waals surface area contributed by atoms with Crippen LogP contribution in [-0.2, 0) is 0 Å². The molecule has 216 valence electrons. The van der Waals surface area contributed by atoms with Crippen LogP contribution < -0.4 is 15.4 Å². The first-order valence-corrected chi connectivity index (χ1v) is 15.8. The molecule has 0 radical (unpaired) electrons. The summed E-state index contributed by atoms with van der Waals surface area (Å²) >= 11 is 2.89. The lowest BCUT2D eigenvalue weighted by atomic mass is 10.1. The van der Waals surface area contributed by atoms with Crippen molar-refractivity contribution in [3.8, 4) is 11.5 Å². The molecule has 0 aliphatic rings. The van der Waals surface area contributed by atoms with E-state index in [0.29, 0.717) is 32.9 Å². The van der Waals surface area contributed by atoms with E-state index in [1.54, 1.807) is 48.5 Å². The molecule has 6 aromatic carbocycles. The highest BCUT2D eigenvalue weighted by molar-refractivity contribution is 7.22. The van der Waals surface area contributed by atoms with Gasteiger partial charge in [0, 0.05) is 21.9 Å². The molecule has 0 saturated heterocycles. The second-order valence-electron chi connectivity index (χ2n) is 10.4. The maximum atomic E-state index is 12.9. The van der Waals surface area contributed by atoms with Gasteiger partial charge < -0.3 is 4.74 Å². The molecule has 0 spiro atoms. The van der Waals surface area contributed by atoms with Crippen LogP contribution in [0.4, 0.5) is 10.3 Å². The Morgan fingerprint density at radius 2 is 0.933 bits per heavy atom. The molecule has 2 aromatic heterocycles. The van der Waals surface area contributed by atoms with Crippen molar-refractivity contribution in [2.75, 3.05) is 10.6 Å². The molecule has 2 heterocycles. The normalized spacial score (nSPS) is 11.3. The van der Waals surface area contributed by atoms with E-state index in [-0.39, 0.29) is 11.8 Å². The van der Waals surface area contributed by atoms with Crippen molar-refractivity contribution in [2.45, 2.75) is 0 Å². The Labute approximate surface area is 264 Å². The standard InChI is InChI=1S/C36H22N4O3S2/c41-33(39-35-37-31-27-7-3-1-5-21(27)13-19-29(31)44-35)23-9-15-25(16-10-23)43-26-17-11-24(12-18-26)34(42)40-36-38-32-28-8-4-2-6-22(28)14-20-30(32)45-36/h1-20H,(H,37,39,41)(H,38,40,42). The Balaban J connectivity index is 0.913. The Morgan fingerprint density at radius 3 is 1.38 bits per heavy atom. The number of thiazole rings is 2. The van der Waals surface area contributed by atoms with Crippen LogP contribution in [0.15, 0.2) is 121 Å². The minimum absolute atomic E-state index is 0.249. The highest BCUT2D eigenvalue weighted by Gasteiger charge is 2.14. The summed E-state index contributed by atoms with van der Waals surface area (Å²) in [6.07, 6.45) is 0. The van der Waals surface area contributed by atoms with Crippen LogP contribution in [0.5, 0.6) is 11.5 Å². The second kappa shape index (κ2) is 11.1. The van der Waals surface area contributed by atoms with E-state index in [9.17, 15) is 9.59 Å². The molecule has 0 bridgehead atoms. The molecule has 2 amide bonds. The van der Waals surface area contributed by atoms with Crippen LogP contribution in [0.3, 0.4) is 0 Å². The third kappa shape index (κ3) is 5.24. The summed E-state index contributed by atoms with van der Waals surface area (Å²) in [4.78, 5) is 35.2. The van der Waals surface area contributed by atoms with Gasteiger partial charge in [-0.05, 0) is 71.4 Å². The predicted octanol–water partition coefficient (Wildman–Crippen LogP) is 9.51. The zero-order valence-corrected chi connectivity index (χ0v) is 25.1. The number of ether oxygens (including phenoxy) is 1. The van der Waals surface area contributed by atoms with Crippen LogP contribution in [0, 0.1) is 0 Å². The fourth-order valence-electron chi connectivity index (χ4n) is 5.25.